The molecule has 0 amide bonds. The Kier molecular flexibility index (Phi) is 8.68. The van der Waals surface area contributed by atoms with Crippen molar-refractivity contribution in [2.75, 3.05) is 6.61 Å². The minimum Gasteiger partial charge on any atom is -0.381 e. The van der Waals surface area contributed by atoms with Gasteiger partial charge >= 0.3 is 0 Å². The summed E-state index contributed by atoms with van der Waals surface area (Å²) in [6.07, 6.45) is 1.73. The summed E-state index contributed by atoms with van der Waals surface area (Å²) in [4.78, 5) is 2.99. The molecule has 7 heteroatoms. The molecule has 0 spiro atoms. The van der Waals surface area contributed by atoms with E-state index in [1.165, 1.54) is 0 Å². The van der Waals surface area contributed by atoms with Crippen LogP contribution in [-0.4, -0.2) is 35.6 Å². The average molecular weight is 472 g/mol. The lowest BCUT2D eigenvalue weighted by Gasteiger charge is -2.43. The SMILES string of the molecule is [N-]=[N+]=N[C@H]1C=C[C@@](O)(COCc2ccccc2)[C@@H](OCc2ccccc2)[C@@H]1OCc1ccccc1. The van der Waals surface area contributed by atoms with Gasteiger partial charge in [-0.2, -0.15) is 0 Å². The lowest BCUT2D eigenvalue weighted by molar-refractivity contribution is -0.185. The number of rotatable bonds is 11. The van der Waals surface area contributed by atoms with Gasteiger partial charge in [-0.3, -0.25) is 0 Å². The first-order valence-electron chi connectivity index (χ1n) is 11.6. The molecule has 4 rings (SSSR count). The van der Waals surface area contributed by atoms with E-state index in [0.29, 0.717) is 6.61 Å². The maximum Gasteiger partial charge on any atom is 0.135 e. The number of hydrogen-bond acceptors (Lipinski definition) is 5. The van der Waals surface area contributed by atoms with Crippen LogP contribution in [0.1, 0.15) is 16.7 Å². The van der Waals surface area contributed by atoms with Crippen LogP contribution in [-0.2, 0) is 34.0 Å². The maximum absolute atomic E-state index is 11.7. The third-order valence-corrected chi connectivity index (χ3v) is 5.90. The monoisotopic (exact) mass is 471 g/mol. The fourth-order valence-electron chi connectivity index (χ4n) is 4.09. The van der Waals surface area contributed by atoms with Gasteiger partial charge in [0.2, 0.25) is 0 Å². The highest BCUT2D eigenvalue weighted by Crippen LogP contribution is 2.32. The van der Waals surface area contributed by atoms with E-state index in [0.717, 1.165) is 16.7 Å². The molecule has 3 aromatic carbocycles. The van der Waals surface area contributed by atoms with Gasteiger partial charge in [-0.05, 0) is 22.2 Å². The van der Waals surface area contributed by atoms with Crippen LogP contribution >= 0.6 is 0 Å². The number of aliphatic hydroxyl groups is 1. The van der Waals surface area contributed by atoms with Gasteiger partial charge in [0.25, 0.3) is 0 Å². The molecule has 1 N–H and O–H groups in total. The Bertz CT molecular complexity index is 1120. The zero-order valence-electron chi connectivity index (χ0n) is 19.4. The van der Waals surface area contributed by atoms with Gasteiger partial charge < -0.3 is 19.3 Å². The van der Waals surface area contributed by atoms with Gasteiger partial charge in [0, 0.05) is 4.91 Å². The zero-order valence-corrected chi connectivity index (χ0v) is 19.4. The summed E-state index contributed by atoms with van der Waals surface area (Å²) in [5.41, 5.74) is 10.6. The predicted molar refractivity (Wildman–Crippen MR) is 133 cm³/mol. The first-order chi connectivity index (χ1) is 17.2. The van der Waals surface area contributed by atoms with Crippen molar-refractivity contribution in [1.29, 1.82) is 0 Å². The normalized spacial score (nSPS) is 23.5. The van der Waals surface area contributed by atoms with E-state index < -0.39 is 23.9 Å². The molecule has 0 aliphatic heterocycles. The first-order valence-corrected chi connectivity index (χ1v) is 11.6. The molecule has 180 valence electrons. The number of ether oxygens (including phenoxy) is 3. The van der Waals surface area contributed by atoms with E-state index in [1.807, 2.05) is 91.0 Å². The fourth-order valence-corrected chi connectivity index (χ4v) is 4.09. The molecule has 4 atom stereocenters. The second-order valence-corrected chi connectivity index (χ2v) is 8.50. The molecule has 0 saturated heterocycles. The van der Waals surface area contributed by atoms with E-state index in [2.05, 4.69) is 10.0 Å². The van der Waals surface area contributed by atoms with Crippen LogP contribution in [0.2, 0.25) is 0 Å². The quantitative estimate of drug-likeness (QED) is 0.176. The molecule has 1 aliphatic rings. The summed E-state index contributed by atoms with van der Waals surface area (Å²) in [6, 6.07) is 28.5. The molecule has 35 heavy (non-hydrogen) atoms. The van der Waals surface area contributed by atoms with E-state index >= 15 is 0 Å². The molecule has 0 unspecified atom stereocenters. The molecule has 0 aromatic heterocycles. The van der Waals surface area contributed by atoms with Crippen molar-refractivity contribution in [2.45, 2.75) is 43.7 Å². The Morgan fingerprint density at radius 3 is 1.83 bits per heavy atom. The van der Waals surface area contributed by atoms with Gasteiger partial charge in [-0.15, -0.1) is 0 Å². The number of benzene rings is 3. The van der Waals surface area contributed by atoms with Crippen molar-refractivity contribution in [3.8, 4) is 0 Å². The van der Waals surface area contributed by atoms with Crippen molar-refractivity contribution in [1.82, 2.24) is 0 Å². The van der Waals surface area contributed by atoms with Crippen LogP contribution in [0.4, 0.5) is 0 Å². The molecule has 0 fully saturated rings. The van der Waals surface area contributed by atoms with Crippen LogP contribution in [0.15, 0.2) is 108 Å². The smallest absolute Gasteiger partial charge is 0.135 e. The Hall–Kier alpha value is -3.45. The predicted octanol–water partition coefficient (Wildman–Crippen LogP) is 5.35. The van der Waals surface area contributed by atoms with Gasteiger partial charge in [-0.25, -0.2) is 0 Å². The zero-order chi connectivity index (χ0) is 24.3. The Morgan fingerprint density at radius 2 is 1.29 bits per heavy atom. The topological polar surface area (TPSA) is 96.7 Å². The number of nitrogens with zero attached hydrogens (tertiary/aromatic N) is 3. The summed E-state index contributed by atoms with van der Waals surface area (Å²) >= 11 is 0. The maximum atomic E-state index is 11.7. The fraction of sp³-hybridized carbons (Fsp3) is 0.286. The van der Waals surface area contributed by atoms with Gasteiger partial charge in [0.05, 0.1) is 38.6 Å². The van der Waals surface area contributed by atoms with Crippen molar-refractivity contribution in [2.24, 2.45) is 5.11 Å². The number of hydrogen-bond donors (Lipinski definition) is 1. The summed E-state index contributed by atoms with van der Waals surface area (Å²) < 4.78 is 18.4. The summed E-state index contributed by atoms with van der Waals surface area (Å²) in [6.45, 7) is 0.876. The van der Waals surface area contributed by atoms with Crippen LogP contribution in [0.25, 0.3) is 10.4 Å². The Balaban J connectivity index is 1.56. The second kappa shape index (κ2) is 12.3. The first kappa shape index (κ1) is 24.7. The van der Waals surface area contributed by atoms with Crippen molar-refractivity contribution >= 4 is 0 Å². The minimum atomic E-state index is -1.48. The molecule has 0 heterocycles. The molecular formula is C28H29N3O4. The van der Waals surface area contributed by atoms with Crippen LogP contribution in [0, 0.1) is 0 Å². The van der Waals surface area contributed by atoms with Crippen molar-refractivity contribution in [3.63, 3.8) is 0 Å². The minimum absolute atomic E-state index is 0.00790. The Morgan fingerprint density at radius 1 is 0.771 bits per heavy atom. The molecule has 0 radical (unpaired) electrons. The van der Waals surface area contributed by atoms with E-state index in [4.69, 9.17) is 19.7 Å². The van der Waals surface area contributed by atoms with Crippen LogP contribution in [0.5, 0.6) is 0 Å². The highest BCUT2D eigenvalue weighted by molar-refractivity contribution is 5.21. The third kappa shape index (κ3) is 6.79. The lowest BCUT2D eigenvalue weighted by atomic mass is 9.83. The molecular weight excluding hydrogens is 442 g/mol. The summed E-state index contributed by atoms with van der Waals surface area (Å²) in [5, 5.41) is 15.6. The largest absolute Gasteiger partial charge is 0.381 e. The Labute approximate surface area is 205 Å². The van der Waals surface area contributed by atoms with Gasteiger partial charge in [0.15, 0.2) is 0 Å². The molecule has 3 aromatic rings. The molecule has 0 bridgehead atoms. The van der Waals surface area contributed by atoms with Crippen molar-refractivity contribution in [3.05, 3.63) is 130 Å². The lowest BCUT2D eigenvalue weighted by Crippen LogP contribution is -2.58. The van der Waals surface area contributed by atoms with Gasteiger partial charge in [-0.1, -0.05) is 108 Å². The van der Waals surface area contributed by atoms with Crippen molar-refractivity contribution < 1.29 is 19.3 Å². The summed E-state index contributed by atoms with van der Waals surface area (Å²) in [5.74, 6) is 0. The highest BCUT2D eigenvalue weighted by Gasteiger charge is 2.47. The second-order valence-electron chi connectivity index (χ2n) is 8.50. The summed E-state index contributed by atoms with van der Waals surface area (Å²) in [7, 11) is 0. The molecule has 0 saturated carbocycles. The number of azide groups is 1. The van der Waals surface area contributed by atoms with Crippen LogP contribution in [0.3, 0.4) is 0 Å². The van der Waals surface area contributed by atoms with Gasteiger partial charge in [0.1, 0.15) is 11.7 Å². The van der Waals surface area contributed by atoms with E-state index in [1.54, 1.807) is 12.2 Å². The standard InChI is InChI=1S/C28H29N3O4/c29-31-30-25-16-17-28(32,21-33-18-22-10-4-1-5-11-22)27(35-20-24-14-8-3-9-15-24)26(25)34-19-23-12-6-2-7-13-23/h1-17,25-27,32H,18-21H2/t25-,26+,27-,28+/m0/s1. The molecule has 1 aliphatic carbocycles. The van der Waals surface area contributed by atoms with Crippen LogP contribution < -0.4 is 0 Å². The third-order valence-electron chi connectivity index (χ3n) is 5.90. The molecule has 7 nitrogen and oxygen atoms in total. The highest BCUT2D eigenvalue weighted by atomic mass is 16.6. The van der Waals surface area contributed by atoms with E-state index in [-0.39, 0.29) is 19.8 Å². The average Bonchev–Trinajstić information content (AvgIpc) is 2.90. The van der Waals surface area contributed by atoms with E-state index in [9.17, 15) is 5.11 Å².